The first kappa shape index (κ1) is 28.6. The molecule has 0 aromatic rings. The topological polar surface area (TPSA) is 291 Å². The second-order valence-corrected chi connectivity index (χ2v) is 12.4. The molecule has 4 unspecified atom stereocenters. The predicted octanol–water partition coefficient (Wildman–Crippen LogP) is -1.83. The number of nitrogens with zero attached hydrogens (tertiary/aromatic N) is 4. The molecule has 31 heavy (non-hydrogen) atoms. The van der Waals surface area contributed by atoms with E-state index in [0.29, 0.717) is 0 Å². The normalized spacial score (nSPS) is 16.5. The fourth-order valence-electron chi connectivity index (χ4n) is 2.01. The Morgan fingerprint density at radius 2 is 0.935 bits per heavy atom. The van der Waals surface area contributed by atoms with Gasteiger partial charge in [-0.15, -0.1) is 0 Å². The minimum Gasteiger partial charge on any atom is -0.284 e. The van der Waals surface area contributed by atoms with Crippen LogP contribution in [0.1, 0.15) is 12.8 Å². The predicted molar refractivity (Wildman–Crippen MR) is 94.2 cm³/mol. The highest BCUT2D eigenvalue weighted by molar-refractivity contribution is 8.05. The molecule has 0 radical (unpaired) electrons. The van der Waals surface area contributed by atoms with Crippen molar-refractivity contribution in [3.8, 4) is 24.3 Å². The van der Waals surface area contributed by atoms with Gasteiger partial charge in [0.2, 0.25) is 9.16 Å². The summed E-state index contributed by atoms with van der Waals surface area (Å²) in [4.78, 5) is 0. The summed E-state index contributed by atoms with van der Waals surface area (Å²) in [6, 6.07) is 4.86. The maximum atomic E-state index is 12.0. The first-order chi connectivity index (χ1) is 14.0. The number of hydrogen-bond donors (Lipinski definition) is 2. The zero-order valence-electron chi connectivity index (χ0n) is 14.8. The van der Waals surface area contributed by atoms with Crippen molar-refractivity contribution >= 4 is 40.5 Å². The molecule has 0 bridgehead atoms. The van der Waals surface area contributed by atoms with Crippen molar-refractivity contribution in [2.75, 3.05) is 6.79 Å². The van der Waals surface area contributed by atoms with Gasteiger partial charge in [-0.3, -0.25) is 9.11 Å². The molecule has 0 amide bonds. The molecule has 0 aromatic carbocycles. The molecule has 0 fully saturated rings. The molecule has 0 aliphatic rings. The van der Waals surface area contributed by atoms with E-state index < -0.39 is 81.1 Å². The molecular formula is C11H12N4O12S4. The average Bonchev–Trinajstić information content (AvgIpc) is 2.57. The average molecular weight is 521 g/mol. The van der Waals surface area contributed by atoms with E-state index in [1.54, 1.807) is 0 Å². The SMILES string of the molecule is N#CCC(C#N)C(S(=O)(=O)O)S(=O)(=O)OCOS(=O)(=O)C(C(C#N)CC#N)S(=O)(=O)O. The van der Waals surface area contributed by atoms with Crippen LogP contribution in [0.4, 0.5) is 0 Å². The zero-order valence-corrected chi connectivity index (χ0v) is 18.1. The highest BCUT2D eigenvalue weighted by Crippen LogP contribution is 2.25. The lowest BCUT2D eigenvalue weighted by Gasteiger charge is -2.19. The van der Waals surface area contributed by atoms with E-state index in [1.165, 1.54) is 12.1 Å². The number of nitriles is 4. The second-order valence-electron chi connectivity index (χ2n) is 5.30. The van der Waals surface area contributed by atoms with Gasteiger partial charge in [0.15, 0.2) is 6.79 Å². The fraction of sp³-hybridized carbons (Fsp3) is 0.636. The Kier molecular flexibility index (Phi) is 9.93. The van der Waals surface area contributed by atoms with Crippen LogP contribution in [0, 0.1) is 57.2 Å². The molecular weight excluding hydrogens is 508 g/mol. The van der Waals surface area contributed by atoms with Crippen molar-refractivity contribution in [1.29, 1.82) is 21.0 Å². The Labute approximate surface area is 177 Å². The van der Waals surface area contributed by atoms with Crippen molar-refractivity contribution in [3.05, 3.63) is 0 Å². The van der Waals surface area contributed by atoms with Gasteiger partial charge in [-0.25, -0.2) is 8.37 Å². The highest BCUT2D eigenvalue weighted by atomic mass is 32.3. The largest absolute Gasteiger partial charge is 0.290 e. The molecule has 16 nitrogen and oxygen atoms in total. The van der Waals surface area contributed by atoms with Gasteiger partial charge < -0.3 is 0 Å². The fourth-order valence-corrected chi connectivity index (χ4v) is 7.68. The highest BCUT2D eigenvalue weighted by Gasteiger charge is 2.47. The van der Waals surface area contributed by atoms with E-state index in [4.69, 9.17) is 30.2 Å². The minimum absolute atomic E-state index is 1.01. The quantitative estimate of drug-likeness (QED) is 0.162. The van der Waals surface area contributed by atoms with E-state index in [0.717, 1.165) is 12.1 Å². The maximum Gasteiger partial charge on any atom is 0.290 e. The van der Waals surface area contributed by atoms with E-state index in [-0.39, 0.29) is 0 Å². The molecule has 0 spiro atoms. The van der Waals surface area contributed by atoms with Crippen molar-refractivity contribution in [3.63, 3.8) is 0 Å². The van der Waals surface area contributed by atoms with E-state index >= 15 is 0 Å². The van der Waals surface area contributed by atoms with Gasteiger partial charge in [0, 0.05) is 0 Å². The van der Waals surface area contributed by atoms with Crippen LogP contribution in [-0.2, 0) is 48.8 Å². The van der Waals surface area contributed by atoms with Crippen LogP contribution in [-0.4, -0.2) is 58.7 Å². The van der Waals surface area contributed by atoms with Crippen LogP contribution < -0.4 is 0 Å². The van der Waals surface area contributed by atoms with Crippen molar-refractivity contribution in [2.45, 2.75) is 22.0 Å². The molecule has 172 valence electrons. The van der Waals surface area contributed by atoms with Gasteiger partial charge in [-0.2, -0.15) is 54.7 Å². The summed E-state index contributed by atoms with van der Waals surface area (Å²) in [6.07, 6.45) is -2.02. The Morgan fingerprint density at radius 3 is 1.13 bits per heavy atom. The smallest absolute Gasteiger partial charge is 0.284 e. The lowest BCUT2D eigenvalue weighted by atomic mass is 10.1. The Morgan fingerprint density at radius 1 is 0.645 bits per heavy atom. The Balaban J connectivity index is 5.90. The van der Waals surface area contributed by atoms with Crippen molar-refractivity contribution in [2.24, 2.45) is 11.8 Å². The lowest BCUT2D eigenvalue weighted by molar-refractivity contribution is 0.130. The third kappa shape index (κ3) is 7.98. The van der Waals surface area contributed by atoms with Crippen LogP contribution in [0.25, 0.3) is 0 Å². The molecule has 20 heteroatoms. The lowest BCUT2D eigenvalue weighted by Crippen LogP contribution is -2.40. The van der Waals surface area contributed by atoms with Crippen LogP contribution in [0.5, 0.6) is 0 Å². The van der Waals surface area contributed by atoms with Crippen LogP contribution in [0.2, 0.25) is 0 Å². The third-order valence-corrected chi connectivity index (χ3v) is 10.5. The Hall–Kier alpha value is -2.40. The van der Waals surface area contributed by atoms with E-state index in [9.17, 15) is 33.7 Å². The summed E-state index contributed by atoms with van der Waals surface area (Å²) >= 11 is 0. The summed E-state index contributed by atoms with van der Waals surface area (Å²) in [5.74, 6) is -4.35. The number of hydrogen-bond acceptors (Lipinski definition) is 14. The third-order valence-electron chi connectivity index (χ3n) is 3.19. The molecule has 0 aromatic heterocycles. The first-order valence-corrected chi connectivity index (χ1v) is 13.2. The van der Waals surface area contributed by atoms with E-state index in [2.05, 4.69) is 8.37 Å². The Bertz CT molecular complexity index is 1160. The van der Waals surface area contributed by atoms with Crippen LogP contribution in [0.15, 0.2) is 0 Å². The molecule has 0 aliphatic heterocycles. The monoisotopic (exact) mass is 520 g/mol. The number of rotatable bonds is 12. The molecule has 0 rings (SSSR count). The summed E-state index contributed by atoms with van der Waals surface area (Å²) in [7, 11) is -22.3. The summed E-state index contributed by atoms with van der Waals surface area (Å²) in [5.41, 5.74) is 0. The second kappa shape index (κ2) is 10.8. The molecule has 0 saturated carbocycles. The van der Waals surface area contributed by atoms with Gasteiger partial charge in [-0.1, -0.05) is 0 Å². The van der Waals surface area contributed by atoms with Gasteiger partial charge in [0.05, 0.1) is 49.0 Å². The van der Waals surface area contributed by atoms with Crippen molar-refractivity contribution in [1.82, 2.24) is 0 Å². The summed E-state index contributed by atoms with van der Waals surface area (Å²) < 4.78 is 114. The molecule has 0 saturated heterocycles. The standard InChI is InChI=1S/C11H12N4O12S4/c12-3-1-8(5-14)10(28(16,17)18)30(22,23)26-7-27-31(24,25)11(29(19,20)21)9(6-15)2-4-13/h8-11H,1-2,7H2,(H,16,17,18)(H,19,20,21). The molecule has 2 N–H and O–H groups in total. The summed E-state index contributed by atoms with van der Waals surface area (Å²) in [6.45, 7) is -1.95. The van der Waals surface area contributed by atoms with E-state index in [1.807, 2.05) is 0 Å². The van der Waals surface area contributed by atoms with Crippen LogP contribution in [0.3, 0.4) is 0 Å². The van der Waals surface area contributed by atoms with Crippen LogP contribution >= 0.6 is 0 Å². The molecule has 0 heterocycles. The van der Waals surface area contributed by atoms with Gasteiger partial charge in [0.25, 0.3) is 40.5 Å². The zero-order chi connectivity index (χ0) is 24.7. The molecule has 4 atom stereocenters. The first-order valence-electron chi connectivity index (χ1n) is 7.21. The maximum absolute atomic E-state index is 12.0. The van der Waals surface area contributed by atoms with Crippen molar-refractivity contribution < 1.29 is 51.1 Å². The van der Waals surface area contributed by atoms with Gasteiger partial charge in [0.1, 0.15) is 0 Å². The van der Waals surface area contributed by atoms with Gasteiger partial charge in [-0.05, 0) is 0 Å². The summed E-state index contributed by atoms with van der Waals surface area (Å²) in [5, 5.41) is 34.7. The molecule has 0 aliphatic carbocycles. The minimum atomic E-state index is -5.59. The van der Waals surface area contributed by atoms with Gasteiger partial charge >= 0.3 is 0 Å².